The molecule has 0 fully saturated rings. The molecule has 0 aliphatic rings. The highest BCUT2D eigenvalue weighted by molar-refractivity contribution is 4.97. The van der Waals surface area contributed by atoms with E-state index in [0.717, 1.165) is 12.3 Å². The molecule has 2 atom stereocenters. The molecule has 0 aliphatic carbocycles. The van der Waals surface area contributed by atoms with E-state index in [1.165, 1.54) is 0 Å². The van der Waals surface area contributed by atoms with Crippen LogP contribution in [0.2, 0.25) is 0 Å². The summed E-state index contributed by atoms with van der Waals surface area (Å²) < 4.78 is 5.17. The molecule has 0 aromatic carbocycles. The molecular weight excluding hydrogens is 166 g/mol. The summed E-state index contributed by atoms with van der Waals surface area (Å²) in [5.41, 5.74) is 0. The van der Waals surface area contributed by atoms with Gasteiger partial charge in [-0.3, -0.25) is 0 Å². The van der Waals surface area contributed by atoms with E-state index in [9.17, 15) is 0 Å². The Labute approximate surface area is 78.8 Å². The summed E-state index contributed by atoms with van der Waals surface area (Å²) in [6.07, 6.45) is 1.66. The molecule has 0 spiro atoms. The van der Waals surface area contributed by atoms with Crippen LogP contribution in [-0.4, -0.2) is 17.8 Å². The van der Waals surface area contributed by atoms with Crippen molar-refractivity contribution in [2.75, 3.05) is 6.61 Å². The van der Waals surface area contributed by atoms with Gasteiger partial charge in [0.25, 0.3) is 0 Å². The van der Waals surface area contributed by atoms with Gasteiger partial charge in [-0.2, -0.15) is 0 Å². The Kier molecular flexibility index (Phi) is 3.99. The van der Waals surface area contributed by atoms with E-state index in [2.05, 4.69) is 12.2 Å². The van der Waals surface area contributed by atoms with Crippen molar-refractivity contribution < 1.29 is 9.52 Å². The minimum Gasteiger partial charge on any atom is -0.468 e. The zero-order chi connectivity index (χ0) is 9.68. The maximum Gasteiger partial charge on any atom is 0.117 e. The van der Waals surface area contributed by atoms with Crippen LogP contribution in [0.5, 0.6) is 0 Å². The third-order valence-corrected chi connectivity index (χ3v) is 2.32. The largest absolute Gasteiger partial charge is 0.468 e. The van der Waals surface area contributed by atoms with Crippen LogP contribution in [0.3, 0.4) is 0 Å². The van der Waals surface area contributed by atoms with E-state index in [4.69, 9.17) is 9.52 Å². The quantitative estimate of drug-likeness (QED) is 0.725. The van der Waals surface area contributed by atoms with Gasteiger partial charge in [0.2, 0.25) is 0 Å². The van der Waals surface area contributed by atoms with Crippen LogP contribution >= 0.6 is 0 Å². The van der Waals surface area contributed by atoms with Gasteiger partial charge in [0.05, 0.1) is 12.8 Å². The Morgan fingerprint density at radius 1 is 1.54 bits per heavy atom. The summed E-state index contributed by atoms with van der Waals surface area (Å²) >= 11 is 0. The van der Waals surface area contributed by atoms with Crippen LogP contribution < -0.4 is 5.32 Å². The van der Waals surface area contributed by atoms with Crippen LogP contribution in [0.4, 0.5) is 0 Å². The second-order valence-corrected chi connectivity index (χ2v) is 3.41. The zero-order valence-corrected chi connectivity index (χ0v) is 8.16. The lowest BCUT2D eigenvalue weighted by atomic mass is 10.1. The van der Waals surface area contributed by atoms with E-state index in [1.807, 2.05) is 19.1 Å². The minimum atomic E-state index is 0.215. The molecule has 0 aliphatic heterocycles. The Morgan fingerprint density at radius 2 is 2.31 bits per heavy atom. The number of furan rings is 1. The first kappa shape index (κ1) is 10.3. The van der Waals surface area contributed by atoms with Gasteiger partial charge >= 0.3 is 0 Å². The average Bonchev–Trinajstić information content (AvgIpc) is 2.65. The number of nitrogens with one attached hydrogen (secondary N) is 1. The van der Waals surface area contributed by atoms with E-state index in [1.54, 1.807) is 6.26 Å². The van der Waals surface area contributed by atoms with Crippen molar-refractivity contribution in [3.8, 4) is 0 Å². The first-order valence-corrected chi connectivity index (χ1v) is 4.60. The molecule has 0 radical (unpaired) electrons. The van der Waals surface area contributed by atoms with Crippen LogP contribution in [0.1, 0.15) is 19.6 Å². The van der Waals surface area contributed by atoms with Crippen LogP contribution in [0.25, 0.3) is 0 Å². The standard InChI is InChI=1S/C10H17NO2/c1-8(7-12)9(2)11-6-10-4-3-5-13-10/h3-5,8-9,11-12H,6-7H2,1-2H3. The van der Waals surface area contributed by atoms with Crippen LogP contribution in [0.15, 0.2) is 22.8 Å². The summed E-state index contributed by atoms with van der Waals surface area (Å²) in [6, 6.07) is 4.11. The molecule has 0 saturated carbocycles. The minimum absolute atomic E-state index is 0.215. The predicted molar refractivity (Wildman–Crippen MR) is 51.3 cm³/mol. The molecular formula is C10H17NO2. The molecule has 1 aromatic rings. The van der Waals surface area contributed by atoms with Gasteiger partial charge in [0, 0.05) is 12.6 Å². The molecule has 1 aromatic heterocycles. The fourth-order valence-corrected chi connectivity index (χ4v) is 1.03. The van der Waals surface area contributed by atoms with Crippen molar-refractivity contribution in [3.63, 3.8) is 0 Å². The Morgan fingerprint density at radius 3 is 2.85 bits per heavy atom. The Bertz CT molecular complexity index is 221. The molecule has 13 heavy (non-hydrogen) atoms. The second kappa shape index (κ2) is 5.04. The van der Waals surface area contributed by atoms with Gasteiger partial charge < -0.3 is 14.8 Å². The van der Waals surface area contributed by atoms with Gasteiger partial charge in [0.15, 0.2) is 0 Å². The van der Waals surface area contributed by atoms with Crippen molar-refractivity contribution >= 4 is 0 Å². The van der Waals surface area contributed by atoms with Crippen molar-refractivity contribution in [1.29, 1.82) is 0 Å². The molecule has 0 amide bonds. The molecule has 1 heterocycles. The van der Waals surface area contributed by atoms with Gasteiger partial charge in [0.1, 0.15) is 5.76 Å². The molecule has 2 N–H and O–H groups in total. The monoisotopic (exact) mass is 183 g/mol. The molecule has 2 unspecified atom stereocenters. The summed E-state index contributed by atoms with van der Waals surface area (Å²) in [5.74, 6) is 1.20. The summed E-state index contributed by atoms with van der Waals surface area (Å²) in [6.45, 7) is 5.01. The normalized spacial score (nSPS) is 15.6. The first-order chi connectivity index (χ1) is 6.24. The van der Waals surface area contributed by atoms with E-state index < -0.39 is 0 Å². The van der Waals surface area contributed by atoms with E-state index >= 15 is 0 Å². The Balaban J connectivity index is 2.26. The summed E-state index contributed by atoms with van der Waals surface area (Å²) in [7, 11) is 0. The van der Waals surface area contributed by atoms with Crippen molar-refractivity contribution in [2.24, 2.45) is 5.92 Å². The lowest BCUT2D eigenvalue weighted by Crippen LogP contribution is -2.33. The summed E-state index contributed by atoms with van der Waals surface area (Å²) in [5, 5.41) is 12.2. The SMILES string of the molecule is CC(CO)C(C)NCc1ccco1. The molecule has 0 bridgehead atoms. The van der Waals surface area contributed by atoms with Crippen LogP contribution in [-0.2, 0) is 6.54 Å². The first-order valence-electron chi connectivity index (χ1n) is 4.60. The lowest BCUT2D eigenvalue weighted by molar-refractivity contribution is 0.205. The van der Waals surface area contributed by atoms with Gasteiger partial charge in [-0.1, -0.05) is 6.92 Å². The van der Waals surface area contributed by atoms with Gasteiger partial charge in [-0.05, 0) is 25.0 Å². The zero-order valence-electron chi connectivity index (χ0n) is 8.16. The molecule has 0 saturated heterocycles. The van der Waals surface area contributed by atoms with Crippen molar-refractivity contribution in [3.05, 3.63) is 24.2 Å². The third-order valence-electron chi connectivity index (χ3n) is 2.32. The highest BCUT2D eigenvalue weighted by atomic mass is 16.3. The van der Waals surface area contributed by atoms with E-state index in [-0.39, 0.29) is 12.5 Å². The second-order valence-electron chi connectivity index (χ2n) is 3.41. The third kappa shape index (κ3) is 3.20. The van der Waals surface area contributed by atoms with Crippen molar-refractivity contribution in [2.45, 2.75) is 26.4 Å². The summed E-state index contributed by atoms with van der Waals surface area (Å²) in [4.78, 5) is 0. The topological polar surface area (TPSA) is 45.4 Å². The number of hydrogen-bond acceptors (Lipinski definition) is 3. The molecule has 74 valence electrons. The highest BCUT2D eigenvalue weighted by Crippen LogP contribution is 2.04. The van der Waals surface area contributed by atoms with Crippen LogP contribution in [0, 0.1) is 5.92 Å². The molecule has 3 nitrogen and oxygen atoms in total. The number of aliphatic hydroxyl groups is 1. The number of aliphatic hydroxyl groups excluding tert-OH is 1. The predicted octanol–water partition coefficient (Wildman–Crippen LogP) is 1.39. The number of hydrogen-bond donors (Lipinski definition) is 2. The van der Waals surface area contributed by atoms with Crippen molar-refractivity contribution in [1.82, 2.24) is 5.32 Å². The highest BCUT2D eigenvalue weighted by Gasteiger charge is 2.10. The Hall–Kier alpha value is -0.800. The maximum absolute atomic E-state index is 8.90. The molecule has 3 heteroatoms. The fraction of sp³-hybridized carbons (Fsp3) is 0.600. The fourth-order valence-electron chi connectivity index (χ4n) is 1.03. The van der Waals surface area contributed by atoms with Gasteiger partial charge in [-0.15, -0.1) is 0 Å². The maximum atomic E-state index is 8.90. The molecule has 1 rings (SSSR count). The lowest BCUT2D eigenvalue weighted by Gasteiger charge is -2.18. The smallest absolute Gasteiger partial charge is 0.117 e. The average molecular weight is 183 g/mol. The van der Waals surface area contributed by atoms with Gasteiger partial charge in [-0.25, -0.2) is 0 Å². The van der Waals surface area contributed by atoms with E-state index in [0.29, 0.717) is 6.04 Å². The number of rotatable bonds is 5.